The van der Waals surface area contributed by atoms with Crippen LogP contribution in [0.3, 0.4) is 0 Å². The Kier molecular flexibility index (Phi) is 7.92. The van der Waals surface area contributed by atoms with Gasteiger partial charge in [0.2, 0.25) is 0 Å². The summed E-state index contributed by atoms with van der Waals surface area (Å²) in [7, 11) is 4.87. The Morgan fingerprint density at radius 2 is 1.55 bits per heavy atom. The van der Waals surface area contributed by atoms with Crippen molar-refractivity contribution < 1.29 is 19.0 Å². The summed E-state index contributed by atoms with van der Waals surface area (Å²) in [6.45, 7) is 5.89. The molecule has 3 aromatic rings. The van der Waals surface area contributed by atoms with E-state index in [-0.39, 0.29) is 5.91 Å². The highest BCUT2D eigenvalue weighted by molar-refractivity contribution is 6.04. The Morgan fingerprint density at radius 3 is 2.12 bits per heavy atom. The molecule has 1 amide bonds. The fourth-order valence-corrected chi connectivity index (χ4v) is 3.44. The molecule has 0 bridgehead atoms. The van der Waals surface area contributed by atoms with Crippen LogP contribution < -0.4 is 19.1 Å². The first-order valence-electron chi connectivity index (χ1n) is 10.6. The number of carbonyl (C=O) groups excluding carboxylic acids is 1. The summed E-state index contributed by atoms with van der Waals surface area (Å²) in [5.41, 5.74) is 4.01. The summed E-state index contributed by atoms with van der Waals surface area (Å²) in [6, 6.07) is 21.1. The van der Waals surface area contributed by atoms with Crippen LogP contribution in [-0.4, -0.2) is 27.2 Å². The maximum Gasteiger partial charge on any atom is 0.253 e. The lowest BCUT2D eigenvalue weighted by Gasteiger charge is -2.25. The molecule has 0 heterocycles. The minimum absolute atomic E-state index is 0.149. The Morgan fingerprint density at radius 1 is 0.879 bits per heavy atom. The molecule has 0 aliphatic rings. The van der Waals surface area contributed by atoms with Crippen LogP contribution in [0.25, 0.3) is 12.2 Å². The van der Waals surface area contributed by atoms with Crippen molar-refractivity contribution in [1.29, 1.82) is 0 Å². The van der Waals surface area contributed by atoms with Crippen LogP contribution in [0.2, 0.25) is 0 Å². The van der Waals surface area contributed by atoms with Crippen LogP contribution in [0.1, 0.15) is 23.6 Å². The predicted molar refractivity (Wildman–Crippen MR) is 134 cm³/mol. The van der Waals surface area contributed by atoms with Crippen LogP contribution >= 0.6 is 0 Å². The third-order valence-corrected chi connectivity index (χ3v) is 5.24. The number of ether oxygens (including phenoxy) is 3. The van der Waals surface area contributed by atoms with E-state index in [0.717, 1.165) is 28.1 Å². The van der Waals surface area contributed by atoms with Crippen LogP contribution in [0.5, 0.6) is 17.2 Å². The molecule has 0 spiro atoms. The predicted octanol–water partition coefficient (Wildman–Crippen LogP) is 5.99. The van der Waals surface area contributed by atoms with Gasteiger partial charge in [0.15, 0.2) is 0 Å². The van der Waals surface area contributed by atoms with E-state index in [1.807, 2.05) is 78.9 Å². The van der Waals surface area contributed by atoms with Crippen molar-refractivity contribution in [1.82, 2.24) is 0 Å². The minimum Gasteiger partial charge on any atom is -0.497 e. The van der Waals surface area contributed by atoms with Crippen molar-refractivity contribution in [3.8, 4) is 17.2 Å². The fourth-order valence-electron chi connectivity index (χ4n) is 3.44. The quantitative estimate of drug-likeness (QED) is 0.301. The van der Waals surface area contributed by atoms with Gasteiger partial charge >= 0.3 is 0 Å². The lowest BCUT2D eigenvalue weighted by atomic mass is 10.0. The maximum atomic E-state index is 13.1. The molecule has 0 aromatic heterocycles. The van der Waals surface area contributed by atoms with Gasteiger partial charge in [0.05, 0.1) is 27.9 Å². The van der Waals surface area contributed by atoms with E-state index in [2.05, 4.69) is 6.58 Å². The van der Waals surface area contributed by atoms with Crippen molar-refractivity contribution >= 4 is 23.7 Å². The molecule has 170 valence electrons. The summed E-state index contributed by atoms with van der Waals surface area (Å²) in [5, 5.41) is 0. The summed E-state index contributed by atoms with van der Waals surface area (Å²) in [4.78, 5) is 14.8. The molecule has 3 rings (SSSR count). The molecule has 0 saturated carbocycles. The van der Waals surface area contributed by atoms with Crippen LogP contribution in [0, 0.1) is 0 Å². The zero-order valence-corrected chi connectivity index (χ0v) is 19.5. The first-order chi connectivity index (χ1) is 16.0. The molecule has 0 atom stereocenters. The Balaban J connectivity index is 2.07. The molecule has 0 N–H and O–H groups in total. The Bertz CT molecular complexity index is 1130. The van der Waals surface area contributed by atoms with Gasteiger partial charge in [-0.05, 0) is 48.4 Å². The van der Waals surface area contributed by atoms with Crippen LogP contribution in [0.4, 0.5) is 5.69 Å². The van der Waals surface area contributed by atoms with E-state index in [0.29, 0.717) is 23.6 Å². The van der Waals surface area contributed by atoms with Crippen molar-refractivity contribution in [2.75, 3.05) is 26.2 Å². The molecule has 0 aliphatic carbocycles. The zero-order chi connectivity index (χ0) is 23.8. The van der Waals surface area contributed by atoms with E-state index >= 15 is 0 Å². The van der Waals surface area contributed by atoms with Crippen molar-refractivity contribution in [2.24, 2.45) is 0 Å². The van der Waals surface area contributed by atoms with E-state index in [4.69, 9.17) is 14.2 Å². The number of rotatable bonds is 9. The molecule has 0 radical (unpaired) electrons. The summed E-state index contributed by atoms with van der Waals surface area (Å²) in [6.07, 6.45) is 4.00. The topological polar surface area (TPSA) is 48.0 Å². The van der Waals surface area contributed by atoms with Gasteiger partial charge in [-0.25, -0.2) is 0 Å². The SMILES string of the molecule is C=C(C)C(=O)N(Cc1c(C=Cc2ccc(OC)cc2)cc(OC)cc1OC)c1ccccc1. The first kappa shape index (κ1) is 23.7. The molecular weight excluding hydrogens is 414 g/mol. The molecule has 5 nitrogen and oxygen atoms in total. The van der Waals surface area contributed by atoms with Crippen LogP contribution in [0.15, 0.2) is 78.9 Å². The molecule has 3 aromatic carbocycles. The number of hydrogen-bond acceptors (Lipinski definition) is 4. The van der Waals surface area contributed by atoms with Gasteiger partial charge in [-0.15, -0.1) is 0 Å². The van der Waals surface area contributed by atoms with E-state index in [9.17, 15) is 4.79 Å². The Hall–Kier alpha value is -3.99. The van der Waals surface area contributed by atoms with Gasteiger partial charge in [0.1, 0.15) is 17.2 Å². The monoisotopic (exact) mass is 443 g/mol. The van der Waals surface area contributed by atoms with Gasteiger partial charge < -0.3 is 19.1 Å². The number of methoxy groups -OCH3 is 3. The van der Waals surface area contributed by atoms with Crippen molar-refractivity contribution in [2.45, 2.75) is 13.5 Å². The molecular formula is C28H29NO4. The number of benzene rings is 3. The molecule has 0 fully saturated rings. The minimum atomic E-state index is -0.149. The second-order valence-electron chi connectivity index (χ2n) is 7.51. The largest absolute Gasteiger partial charge is 0.497 e. The highest BCUT2D eigenvalue weighted by atomic mass is 16.5. The number of hydrogen-bond donors (Lipinski definition) is 0. The molecule has 5 heteroatoms. The number of anilines is 1. The van der Waals surface area contributed by atoms with Gasteiger partial charge in [-0.2, -0.15) is 0 Å². The number of para-hydroxylation sites is 1. The first-order valence-corrected chi connectivity index (χ1v) is 10.6. The van der Waals surface area contributed by atoms with Gasteiger partial charge in [0.25, 0.3) is 5.91 Å². The van der Waals surface area contributed by atoms with E-state index in [1.165, 1.54) is 0 Å². The number of nitrogens with zero attached hydrogens (tertiary/aromatic N) is 1. The molecule has 0 saturated heterocycles. The molecule has 33 heavy (non-hydrogen) atoms. The third-order valence-electron chi connectivity index (χ3n) is 5.24. The second-order valence-corrected chi connectivity index (χ2v) is 7.51. The van der Waals surface area contributed by atoms with Gasteiger partial charge in [-0.3, -0.25) is 4.79 Å². The zero-order valence-electron chi connectivity index (χ0n) is 19.5. The normalized spacial score (nSPS) is 10.7. The summed E-state index contributed by atoms with van der Waals surface area (Å²) in [5.74, 6) is 1.96. The van der Waals surface area contributed by atoms with Gasteiger partial charge in [0, 0.05) is 22.9 Å². The standard InChI is InChI=1S/C28H29NO4/c1-20(2)28(30)29(23-9-7-6-8-10-23)19-26-22(17-25(32-4)18-27(26)33-5)14-11-21-12-15-24(31-3)16-13-21/h6-18H,1,19H2,2-5H3. The van der Waals surface area contributed by atoms with E-state index < -0.39 is 0 Å². The molecule has 0 aliphatic heterocycles. The average molecular weight is 444 g/mol. The number of amides is 1. The third kappa shape index (κ3) is 5.83. The Labute approximate surface area is 195 Å². The average Bonchev–Trinajstić information content (AvgIpc) is 2.86. The lowest BCUT2D eigenvalue weighted by molar-refractivity contribution is -0.115. The smallest absolute Gasteiger partial charge is 0.253 e. The van der Waals surface area contributed by atoms with Crippen molar-refractivity contribution in [3.05, 3.63) is 95.6 Å². The summed E-state index contributed by atoms with van der Waals surface area (Å²) >= 11 is 0. The highest BCUT2D eigenvalue weighted by Gasteiger charge is 2.21. The second kappa shape index (κ2) is 11.0. The highest BCUT2D eigenvalue weighted by Crippen LogP contribution is 2.33. The fraction of sp³-hybridized carbons (Fsp3) is 0.179. The van der Waals surface area contributed by atoms with Crippen LogP contribution in [-0.2, 0) is 11.3 Å². The number of carbonyl (C=O) groups is 1. The summed E-state index contributed by atoms with van der Waals surface area (Å²) < 4.78 is 16.4. The van der Waals surface area contributed by atoms with Gasteiger partial charge in [-0.1, -0.05) is 49.1 Å². The van der Waals surface area contributed by atoms with E-state index in [1.54, 1.807) is 33.2 Å². The van der Waals surface area contributed by atoms with Crippen molar-refractivity contribution in [3.63, 3.8) is 0 Å². The molecule has 0 unspecified atom stereocenters. The maximum absolute atomic E-state index is 13.1. The lowest BCUT2D eigenvalue weighted by Crippen LogP contribution is -2.31.